The second-order valence-corrected chi connectivity index (χ2v) is 4.78. The highest BCUT2D eigenvalue weighted by Crippen LogP contribution is 2.22. The van der Waals surface area contributed by atoms with Crippen LogP contribution in [0.3, 0.4) is 0 Å². The van der Waals surface area contributed by atoms with Gasteiger partial charge in [-0.25, -0.2) is 4.39 Å². The smallest absolute Gasteiger partial charge is 0.165 e. The van der Waals surface area contributed by atoms with Crippen molar-refractivity contribution in [3.63, 3.8) is 0 Å². The van der Waals surface area contributed by atoms with Crippen molar-refractivity contribution < 1.29 is 13.9 Å². The molecular formula is C14H20FNO2. The molecule has 0 amide bonds. The molecule has 0 bridgehead atoms. The Morgan fingerprint density at radius 2 is 2.33 bits per heavy atom. The minimum Gasteiger partial charge on any atom is -0.488 e. The van der Waals surface area contributed by atoms with E-state index in [1.54, 1.807) is 12.1 Å². The molecule has 4 heteroatoms. The largest absolute Gasteiger partial charge is 0.488 e. The van der Waals surface area contributed by atoms with E-state index in [1.165, 1.54) is 6.07 Å². The van der Waals surface area contributed by atoms with E-state index < -0.39 is 0 Å². The molecule has 2 atom stereocenters. The summed E-state index contributed by atoms with van der Waals surface area (Å²) in [6.45, 7) is 3.01. The van der Waals surface area contributed by atoms with Gasteiger partial charge in [-0.2, -0.15) is 0 Å². The van der Waals surface area contributed by atoms with Crippen LogP contribution in [-0.2, 0) is 4.74 Å². The molecule has 2 N–H and O–H groups in total. The Morgan fingerprint density at radius 1 is 1.50 bits per heavy atom. The van der Waals surface area contributed by atoms with Gasteiger partial charge in [0.05, 0.1) is 6.10 Å². The molecule has 0 radical (unpaired) electrons. The van der Waals surface area contributed by atoms with Crippen molar-refractivity contribution in [3.8, 4) is 5.75 Å². The lowest BCUT2D eigenvalue weighted by atomic mass is 10.1. The first kappa shape index (κ1) is 13.3. The van der Waals surface area contributed by atoms with E-state index in [2.05, 4.69) is 0 Å². The summed E-state index contributed by atoms with van der Waals surface area (Å²) in [7, 11) is 0. The second kappa shape index (κ2) is 6.16. The molecule has 1 aromatic carbocycles. The zero-order valence-electron chi connectivity index (χ0n) is 10.7. The molecule has 0 aromatic heterocycles. The third-order valence-electron chi connectivity index (χ3n) is 3.18. The molecule has 18 heavy (non-hydrogen) atoms. The van der Waals surface area contributed by atoms with Crippen molar-refractivity contribution in [1.82, 2.24) is 0 Å². The van der Waals surface area contributed by atoms with Gasteiger partial charge in [0, 0.05) is 12.6 Å². The number of hydrogen-bond donors (Lipinski definition) is 1. The zero-order chi connectivity index (χ0) is 13.0. The van der Waals surface area contributed by atoms with Crippen molar-refractivity contribution >= 4 is 0 Å². The number of nitrogens with two attached hydrogens (primary N) is 1. The molecular weight excluding hydrogens is 233 g/mol. The Kier molecular flexibility index (Phi) is 4.55. The van der Waals surface area contributed by atoms with Crippen molar-refractivity contribution in [3.05, 3.63) is 29.6 Å². The molecule has 1 fully saturated rings. The van der Waals surface area contributed by atoms with Crippen LogP contribution in [0, 0.1) is 5.82 Å². The minimum absolute atomic E-state index is 0.0891. The maximum absolute atomic E-state index is 13.7. The van der Waals surface area contributed by atoms with E-state index in [1.807, 2.05) is 6.92 Å². The summed E-state index contributed by atoms with van der Waals surface area (Å²) < 4.78 is 24.7. The lowest BCUT2D eigenvalue weighted by molar-refractivity contribution is -0.0117. The van der Waals surface area contributed by atoms with Gasteiger partial charge >= 0.3 is 0 Å². The summed E-state index contributed by atoms with van der Waals surface area (Å²) in [5.74, 6) is -0.0887. The molecule has 1 heterocycles. The predicted molar refractivity (Wildman–Crippen MR) is 68.1 cm³/mol. The van der Waals surface area contributed by atoms with Crippen LogP contribution in [0.4, 0.5) is 4.39 Å². The molecule has 1 aromatic rings. The Morgan fingerprint density at radius 3 is 2.94 bits per heavy atom. The first-order chi connectivity index (χ1) is 8.66. The van der Waals surface area contributed by atoms with Gasteiger partial charge in [-0.15, -0.1) is 0 Å². The summed E-state index contributed by atoms with van der Waals surface area (Å²) in [5, 5.41) is 0. The average molecular weight is 253 g/mol. The lowest BCUT2D eigenvalue weighted by Gasteiger charge is -2.22. The van der Waals surface area contributed by atoms with E-state index in [4.69, 9.17) is 15.2 Å². The highest BCUT2D eigenvalue weighted by molar-refractivity contribution is 5.30. The average Bonchev–Trinajstić information content (AvgIpc) is 2.38. The fraction of sp³-hybridized carbons (Fsp3) is 0.571. The Bertz CT molecular complexity index is 389. The summed E-state index contributed by atoms with van der Waals surface area (Å²) in [4.78, 5) is 0. The van der Waals surface area contributed by atoms with Gasteiger partial charge in [0.25, 0.3) is 0 Å². The summed E-state index contributed by atoms with van der Waals surface area (Å²) in [6, 6.07) is 4.69. The molecule has 2 rings (SSSR count). The molecule has 0 spiro atoms. The van der Waals surface area contributed by atoms with Gasteiger partial charge in [0.15, 0.2) is 11.6 Å². The van der Waals surface area contributed by atoms with E-state index in [0.29, 0.717) is 6.61 Å². The molecule has 2 unspecified atom stereocenters. The molecule has 0 aliphatic carbocycles. The third-order valence-corrected chi connectivity index (χ3v) is 3.18. The van der Waals surface area contributed by atoms with E-state index >= 15 is 0 Å². The van der Waals surface area contributed by atoms with Crippen LogP contribution >= 0.6 is 0 Å². The third kappa shape index (κ3) is 3.43. The number of ether oxygens (including phenoxy) is 2. The van der Waals surface area contributed by atoms with Crippen LogP contribution < -0.4 is 10.5 Å². The topological polar surface area (TPSA) is 44.5 Å². The SMILES string of the molecule is CC(N)c1ccc(OCC2CCCCO2)c(F)c1. The van der Waals surface area contributed by atoms with Crippen LogP contribution in [0.2, 0.25) is 0 Å². The highest BCUT2D eigenvalue weighted by Gasteiger charge is 2.15. The molecule has 100 valence electrons. The maximum atomic E-state index is 13.7. The van der Waals surface area contributed by atoms with Crippen molar-refractivity contribution in [2.24, 2.45) is 5.73 Å². The monoisotopic (exact) mass is 253 g/mol. The standard InChI is InChI=1S/C14H20FNO2/c1-10(16)11-5-6-14(13(15)8-11)18-9-12-4-2-3-7-17-12/h5-6,8,10,12H,2-4,7,9,16H2,1H3. The van der Waals surface area contributed by atoms with Gasteiger partial charge in [-0.3, -0.25) is 0 Å². The zero-order valence-corrected chi connectivity index (χ0v) is 10.7. The van der Waals surface area contributed by atoms with Crippen molar-refractivity contribution in [2.75, 3.05) is 13.2 Å². The van der Waals surface area contributed by atoms with Crippen LogP contribution in [0.25, 0.3) is 0 Å². The number of benzene rings is 1. The number of hydrogen-bond acceptors (Lipinski definition) is 3. The van der Waals surface area contributed by atoms with E-state index in [-0.39, 0.29) is 23.7 Å². The van der Waals surface area contributed by atoms with Crippen molar-refractivity contribution in [1.29, 1.82) is 0 Å². The first-order valence-corrected chi connectivity index (χ1v) is 6.46. The molecule has 1 saturated heterocycles. The summed E-state index contributed by atoms with van der Waals surface area (Å²) in [6.07, 6.45) is 3.33. The van der Waals surface area contributed by atoms with Gasteiger partial charge in [0.2, 0.25) is 0 Å². The quantitative estimate of drug-likeness (QED) is 0.897. The van der Waals surface area contributed by atoms with Gasteiger partial charge in [-0.05, 0) is 43.9 Å². The Hall–Kier alpha value is -1.13. The summed E-state index contributed by atoms with van der Waals surface area (Å²) >= 11 is 0. The van der Waals surface area contributed by atoms with Crippen LogP contribution in [0.15, 0.2) is 18.2 Å². The van der Waals surface area contributed by atoms with E-state index in [9.17, 15) is 4.39 Å². The van der Waals surface area contributed by atoms with Crippen molar-refractivity contribution in [2.45, 2.75) is 38.3 Å². The second-order valence-electron chi connectivity index (χ2n) is 4.78. The van der Waals surface area contributed by atoms with E-state index in [0.717, 1.165) is 31.4 Å². The first-order valence-electron chi connectivity index (χ1n) is 6.46. The fourth-order valence-corrected chi connectivity index (χ4v) is 2.04. The van der Waals surface area contributed by atoms with Crippen LogP contribution in [0.5, 0.6) is 5.75 Å². The normalized spacial score (nSPS) is 21.6. The molecule has 1 aliphatic rings. The summed E-state index contributed by atoms with van der Waals surface area (Å²) in [5.41, 5.74) is 6.47. The Labute approximate surface area is 107 Å². The Balaban J connectivity index is 1.92. The number of rotatable bonds is 4. The molecule has 1 aliphatic heterocycles. The lowest BCUT2D eigenvalue weighted by Crippen LogP contribution is -2.26. The van der Waals surface area contributed by atoms with Gasteiger partial charge in [-0.1, -0.05) is 6.07 Å². The van der Waals surface area contributed by atoms with Crippen LogP contribution in [0.1, 0.15) is 37.8 Å². The fourth-order valence-electron chi connectivity index (χ4n) is 2.04. The minimum atomic E-state index is -0.361. The maximum Gasteiger partial charge on any atom is 0.165 e. The van der Waals surface area contributed by atoms with Gasteiger partial charge < -0.3 is 15.2 Å². The molecule has 3 nitrogen and oxygen atoms in total. The van der Waals surface area contributed by atoms with Crippen LogP contribution in [-0.4, -0.2) is 19.3 Å². The number of halogens is 1. The predicted octanol–water partition coefficient (Wildman–Crippen LogP) is 2.79. The van der Waals surface area contributed by atoms with Gasteiger partial charge in [0.1, 0.15) is 6.61 Å². The highest BCUT2D eigenvalue weighted by atomic mass is 19.1. The molecule has 0 saturated carbocycles.